The molecule has 4 aromatic rings. The van der Waals surface area contributed by atoms with Crippen LogP contribution in [0, 0.1) is 24.0 Å². The number of fused-ring (bicyclic) bond motifs is 1. The Balaban J connectivity index is 1.79. The molecule has 1 N–H and O–H groups in total. The first-order chi connectivity index (χ1) is 15.5. The maximum absolute atomic E-state index is 12.0. The van der Waals surface area contributed by atoms with E-state index in [-0.39, 0.29) is 28.5 Å². The van der Waals surface area contributed by atoms with E-state index in [9.17, 15) is 10.1 Å². The largest absolute Gasteiger partial charge is 0.377 e. The molecule has 6 heteroatoms. The maximum Gasteiger partial charge on any atom is 0.334 e. The molecule has 6 nitrogen and oxygen atoms in total. The zero-order valence-corrected chi connectivity index (χ0v) is 17.9. The van der Waals surface area contributed by atoms with Gasteiger partial charge in [0.15, 0.2) is 5.69 Å². The minimum atomic E-state index is -0.379. The molecule has 3 aromatic carbocycles. The van der Waals surface area contributed by atoms with Crippen molar-refractivity contribution >= 4 is 11.4 Å². The Bertz CT molecular complexity index is 1270. The van der Waals surface area contributed by atoms with E-state index in [0.717, 1.165) is 27.9 Å². The monoisotopic (exact) mass is 425 g/mol. The normalized spacial score (nSPS) is 19.8. The number of benzene rings is 3. The van der Waals surface area contributed by atoms with Gasteiger partial charge in [0.1, 0.15) is 0 Å². The van der Waals surface area contributed by atoms with Crippen LogP contribution in [0.15, 0.2) is 83.4 Å². The van der Waals surface area contributed by atoms with E-state index in [2.05, 4.69) is 59.0 Å². The first-order valence-electron chi connectivity index (χ1n) is 10.6. The van der Waals surface area contributed by atoms with Crippen molar-refractivity contribution in [1.82, 2.24) is 5.16 Å². The van der Waals surface area contributed by atoms with Crippen LogP contribution in [0.2, 0.25) is 0 Å². The molecule has 5 rings (SSSR count). The highest BCUT2D eigenvalue weighted by atomic mass is 16.6. The van der Waals surface area contributed by atoms with Crippen molar-refractivity contribution < 1.29 is 9.45 Å². The van der Waals surface area contributed by atoms with Gasteiger partial charge in [-0.05, 0) is 36.6 Å². The summed E-state index contributed by atoms with van der Waals surface area (Å²) < 4.78 is 5.71. The molecule has 1 aliphatic rings. The quantitative estimate of drug-likeness (QED) is 0.307. The maximum atomic E-state index is 12.0. The van der Waals surface area contributed by atoms with Gasteiger partial charge in [-0.3, -0.25) is 10.1 Å². The summed E-state index contributed by atoms with van der Waals surface area (Å²) in [5, 5.41) is 19.6. The summed E-state index contributed by atoms with van der Waals surface area (Å²) >= 11 is 0. The Labute approximate surface area is 186 Å². The highest BCUT2D eigenvalue weighted by Crippen LogP contribution is 2.54. The fourth-order valence-corrected chi connectivity index (χ4v) is 4.78. The number of hydrogen-bond donors (Lipinski definition) is 1. The SMILES string of the molecule is Cc1ccc([C@@H]2Nc3ccccc3[C@@H](c3ccccc3)[C@@H]2c2onc(C)c2[N+](=O)[O-])cc1. The summed E-state index contributed by atoms with van der Waals surface area (Å²) in [5.74, 6) is -0.212. The van der Waals surface area contributed by atoms with Crippen LogP contribution >= 0.6 is 0 Å². The molecule has 0 amide bonds. The third-order valence-corrected chi connectivity index (χ3v) is 6.26. The Hall–Kier alpha value is -3.93. The molecule has 1 aromatic heterocycles. The van der Waals surface area contributed by atoms with Crippen molar-refractivity contribution in [2.45, 2.75) is 31.7 Å². The lowest BCUT2D eigenvalue weighted by Gasteiger charge is -2.40. The van der Waals surface area contributed by atoms with E-state index in [1.165, 1.54) is 0 Å². The zero-order valence-electron chi connectivity index (χ0n) is 17.9. The van der Waals surface area contributed by atoms with Crippen LogP contribution in [-0.2, 0) is 0 Å². The molecule has 0 saturated heterocycles. The molecular formula is C26H23N3O3. The summed E-state index contributed by atoms with van der Waals surface area (Å²) in [5.41, 5.74) is 5.61. The lowest BCUT2D eigenvalue weighted by Crippen LogP contribution is -2.31. The van der Waals surface area contributed by atoms with Crippen molar-refractivity contribution in [1.29, 1.82) is 0 Å². The number of aryl methyl sites for hydroxylation is 2. The highest BCUT2D eigenvalue weighted by molar-refractivity contribution is 5.63. The predicted molar refractivity (Wildman–Crippen MR) is 123 cm³/mol. The first kappa shape index (κ1) is 20.0. The van der Waals surface area contributed by atoms with Gasteiger partial charge in [0.25, 0.3) is 0 Å². The minimum Gasteiger partial charge on any atom is -0.377 e. The second-order valence-electron chi connectivity index (χ2n) is 8.27. The van der Waals surface area contributed by atoms with Crippen LogP contribution in [0.3, 0.4) is 0 Å². The molecule has 2 heterocycles. The predicted octanol–water partition coefficient (Wildman–Crippen LogP) is 6.28. The van der Waals surface area contributed by atoms with E-state index in [1.54, 1.807) is 6.92 Å². The molecule has 0 radical (unpaired) electrons. The Kier molecular flexibility index (Phi) is 4.98. The van der Waals surface area contributed by atoms with Crippen LogP contribution in [0.1, 0.15) is 51.6 Å². The Morgan fingerprint density at radius 3 is 2.31 bits per heavy atom. The van der Waals surface area contributed by atoms with Crippen molar-refractivity contribution in [2.24, 2.45) is 0 Å². The number of nitro groups is 1. The first-order valence-corrected chi connectivity index (χ1v) is 10.6. The molecule has 32 heavy (non-hydrogen) atoms. The van der Waals surface area contributed by atoms with Gasteiger partial charge in [-0.25, -0.2) is 0 Å². The van der Waals surface area contributed by atoms with Gasteiger partial charge < -0.3 is 9.84 Å². The third kappa shape index (κ3) is 3.34. The topological polar surface area (TPSA) is 81.2 Å². The number of nitrogens with zero attached hydrogens (tertiary/aromatic N) is 2. The molecule has 1 aliphatic heterocycles. The molecule has 160 valence electrons. The van der Waals surface area contributed by atoms with Crippen LogP contribution in [0.25, 0.3) is 0 Å². The highest BCUT2D eigenvalue weighted by Gasteiger charge is 2.45. The molecule has 0 aliphatic carbocycles. The second kappa shape index (κ2) is 7.96. The summed E-state index contributed by atoms with van der Waals surface area (Å²) in [6, 6.07) is 26.3. The fourth-order valence-electron chi connectivity index (χ4n) is 4.78. The Morgan fingerprint density at radius 1 is 0.906 bits per heavy atom. The molecule has 0 unspecified atom stereocenters. The molecule has 0 spiro atoms. The van der Waals surface area contributed by atoms with Gasteiger partial charge in [0.05, 0.1) is 16.9 Å². The van der Waals surface area contributed by atoms with Gasteiger partial charge in [-0.1, -0.05) is 83.5 Å². The van der Waals surface area contributed by atoms with Crippen LogP contribution in [0.5, 0.6) is 0 Å². The zero-order chi connectivity index (χ0) is 22.2. The van der Waals surface area contributed by atoms with E-state index in [4.69, 9.17) is 4.52 Å². The summed E-state index contributed by atoms with van der Waals surface area (Å²) in [6.07, 6.45) is 0. The van der Waals surface area contributed by atoms with Crippen molar-refractivity contribution in [3.8, 4) is 0 Å². The number of hydrogen-bond acceptors (Lipinski definition) is 5. The van der Waals surface area contributed by atoms with Gasteiger partial charge in [0.2, 0.25) is 5.76 Å². The second-order valence-corrected chi connectivity index (χ2v) is 8.27. The number of nitrogens with one attached hydrogen (secondary N) is 1. The molecular weight excluding hydrogens is 402 g/mol. The number of rotatable bonds is 4. The van der Waals surface area contributed by atoms with Gasteiger partial charge in [-0.15, -0.1) is 0 Å². The molecule has 0 saturated carbocycles. The molecule has 3 atom stereocenters. The van der Waals surface area contributed by atoms with E-state index < -0.39 is 0 Å². The average Bonchev–Trinajstić information content (AvgIpc) is 3.20. The lowest BCUT2D eigenvalue weighted by atomic mass is 9.70. The minimum absolute atomic E-state index is 0.0470. The lowest BCUT2D eigenvalue weighted by molar-refractivity contribution is -0.386. The fraction of sp³-hybridized carbons (Fsp3) is 0.192. The number of aromatic nitrogens is 1. The third-order valence-electron chi connectivity index (χ3n) is 6.26. The number of anilines is 1. The average molecular weight is 425 g/mol. The smallest absolute Gasteiger partial charge is 0.334 e. The molecule has 0 bridgehead atoms. The van der Waals surface area contributed by atoms with E-state index >= 15 is 0 Å². The van der Waals surface area contributed by atoms with Crippen LogP contribution in [0.4, 0.5) is 11.4 Å². The van der Waals surface area contributed by atoms with Crippen molar-refractivity contribution in [2.75, 3.05) is 5.32 Å². The standard InChI is InChI=1S/C26H23N3O3/c1-16-12-14-19(15-13-16)24-23(26-25(29(30)31)17(2)28-32-26)22(18-8-4-3-5-9-18)20-10-6-7-11-21(20)27-24/h3-15,22-24,27H,1-2H3/t22-,23+,24+/m1/s1. The van der Waals surface area contributed by atoms with Crippen molar-refractivity contribution in [3.63, 3.8) is 0 Å². The summed E-state index contributed by atoms with van der Waals surface area (Å²) in [4.78, 5) is 11.6. The van der Waals surface area contributed by atoms with Gasteiger partial charge in [0, 0.05) is 11.6 Å². The van der Waals surface area contributed by atoms with Gasteiger partial charge in [-0.2, -0.15) is 0 Å². The van der Waals surface area contributed by atoms with E-state index in [0.29, 0.717) is 11.5 Å². The summed E-state index contributed by atoms with van der Waals surface area (Å²) in [6.45, 7) is 3.66. The number of para-hydroxylation sites is 1. The van der Waals surface area contributed by atoms with Crippen LogP contribution < -0.4 is 5.32 Å². The molecule has 0 fully saturated rings. The Morgan fingerprint density at radius 2 is 1.59 bits per heavy atom. The summed E-state index contributed by atoms with van der Waals surface area (Å²) in [7, 11) is 0. The van der Waals surface area contributed by atoms with Crippen LogP contribution in [-0.4, -0.2) is 10.1 Å². The van der Waals surface area contributed by atoms with Gasteiger partial charge >= 0.3 is 5.69 Å². The van der Waals surface area contributed by atoms with Crippen molar-refractivity contribution in [3.05, 3.63) is 123 Å². The van der Waals surface area contributed by atoms with E-state index in [1.807, 2.05) is 37.3 Å².